The number of aliphatic hydroxyl groups excluding tert-OH is 4. The van der Waals surface area contributed by atoms with Crippen molar-refractivity contribution in [2.24, 2.45) is 0 Å². The molecule has 1 fully saturated rings. The summed E-state index contributed by atoms with van der Waals surface area (Å²) >= 11 is 0. The molecular formula is C6H10NaO7+. The number of carbonyl (C=O) groups is 1. The molecule has 76 valence electrons. The maximum absolute atomic E-state index is 10.4. The maximum atomic E-state index is 10.4. The van der Waals surface area contributed by atoms with Gasteiger partial charge < -0.3 is 30.3 Å². The van der Waals surface area contributed by atoms with Gasteiger partial charge in [0.1, 0.15) is 18.3 Å². The zero-order valence-corrected chi connectivity index (χ0v) is 9.44. The zero-order chi connectivity index (χ0) is 10.2. The van der Waals surface area contributed by atoms with Crippen molar-refractivity contribution in [1.82, 2.24) is 0 Å². The Hall–Kier alpha value is 0.270. The molecule has 5 unspecified atom stereocenters. The van der Waals surface area contributed by atoms with E-state index in [2.05, 4.69) is 4.74 Å². The molecule has 0 aromatic rings. The van der Waals surface area contributed by atoms with Crippen molar-refractivity contribution >= 4 is 5.97 Å². The van der Waals surface area contributed by atoms with Gasteiger partial charge in [-0.3, -0.25) is 0 Å². The van der Waals surface area contributed by atoms with E-state index in [4.69, 9.17) is 25.5 Å². The SMILES string of the molecule is O=C(O)C1OC(O)C(O)C(O)C1O.[Na+]. The van der Waals surface area contributed by atoms with Crippen molar-refractivity contribution in [2.45, 2.75) is 30.7 Å². The molecule has 0 aromatic heterocycles. The van der Waals surface area contributed by atoms with Crippen LogP contribution in [0.25, 0.3) is 0 Å². The van der Waals surface area contributed by atoms with Crippen molar-refractivity contribution in [1.29, 1.82) is 0 Å². The van der Waals surface area contributed by atoms with Crippen molar-refractivity contribution in [3.8, 4) is 0 Å². The van der Waals surface area contributed by atoms with Gasteiger partial charge in [0.25, 0.3) is 0 Å². The van der Waals surface area contributed by atoms with Gasteiger partial charge in [0.2, 0.25) is 0 Å². The van der Waals surface area contributed by atoms with Gasteiger partial charge in [-0.2, -0.15) is 0 Å². The van der Waals surface area contributed by atoms with Crippen LogP contribution in [0.4, 0.5) is 0 Å². The van der Waals surface area contributed by atoms with Gasteiger partial charge in [-0.05, 0) is 0 Å². The van der Waals surface area contributed by atoms with Crippen LogP contribution < -0.4 is 29.6 Å². The number of rotatable bonds is 1. The Morgan fingerprint density at radius 2 is 1.50 bits per heavy atom. The minimum Gasteiger partial charge on any atom is -0.479 e. The molecule has 1 aliphatic heterocycles. The van der Waals surface area contributed by atoms with Gasteiger partial charge in [0.05, 0.1) is 0 Å². The number of carboxylic acid groups (broad SMARTS) is 1. The molecule has 0 spiro atoms. The summed E-state index contributed by atoms with van der Waals surface area (Å²) in [4.78, 5) is 10.4. The Bertz CT molecular complexity index is 210. The van der Waals surface area contributed by atoms with E-state index in [0.29, 0.717) is 0 Å². The van der Waals surface area contributed by atoms with Crippen LogP contribution in [0.15, 0.2) is 0 Å². The third-order valence-electron chi connectivity index (χ3n) is 1.83. The number of aliphatic hydroxyl groups is 4. The van der Waals surface area contributed by atoms with Crippen LogP contribution in [0.1, 0.15) is 0 Å². The molecule has 5 N–H and O–H groups in total. The molecule has 1 heterocycles. The predicted octanol–water partition coefficient (Wildman–Crippen LogP) is -6.13. The van der Waals surface area contributed by atoms with Crippen molar-refractivity contribution in [3.05, 3.63) is 0 Å². The second kappa shape index (κ2) is 5.38. The Balaban J connectivity index is 0.00000169. The molecule has 5 atom stereocenters. The van der Waals surface area contributed by atoms with Crippen LogP contribution in [0, 0.1) is 0 Å². The Labute approximate surface area is 101 Å². The number of hydrogen-bond acceptors (Lipinski definition) is 6. The van der Waals surface area contributed by atoms with Crippen molar-refractivity contribution < 1.29 is 64.6 Å². The van der Waals surface area contributed by atoms with Crippen molar-refractivity contribution in [2.75, 3.05) is 0 Å². The van der Waals surface area contributed by atoms with Gasteiger partial charge in [0, 0.05) is 0 Å². The maximum Gasteiger partial charge on any atom is 1.00 e. The Morgan fingerprint density at radius 3 is 1.93 bits per heavy atom. The third-order valence-corrected chi connectivity index (χ3v) is 1.83. The molecular weight excluding hydrogens is 207 g/mol. The average molecular weight is 217 g/mol. The fourth-order valence-corrected chi connectivity index (χ4v) is 1.07. The van der Waals surface area contributed by atoms with Crippen molar-refractivity contribution in [3.63, 3.8) is 0 Å². The summed E-state index contributed by atoms with van der Waals surface area (Å²) < 4.78 is 4.34. The summed E-state index contributed by atoms with van der Waals surface area (Å²) in [5, 5.41) is 44.4. The van der Waals surface area contributed by atoms with Gasteiger partial charge in [-0.1, -0.05) is 0 Å². The van der Waals surface area contributed by atoms with Crippen LogP contribution >= 0.6 is 0 Å². The summed E-state index contributed by atoms with van der Waals surface area (Å²) in [6.07, 6.45) is -8.72. The molecule has 1 saturated heterocycles. The number of hydrogen-bond donors (Lipinski definition) is 5. The first-order chi connectivity index (χ1) is 5.95. The zero-order valence-electron chi connectivity index (χ0n) is 7.44. The molecule has 14 heavy (non-hydrogen) atoms. The Kier molecular flexibility index (Phi) is 5.48. The Morgan fingerprint density at radius 1 is 1.00 bits per heavy atom. The molecule has 0 aliphatic carbocycles. The number of carboxylic acids is 1. The largest absolute Gasteiger partial charge is 1.00 e. The van der Waals surface area contributed by atoms with E-state index in [1.54, 1.807) is 0 Å². The summed E-state index contributed by atoms with van der Waals surface area (Å²) in [6.45, 7) is 0. The molecule has 1 aliphatic rings. The van der Waals surface area contributed by atoms with E-state index in [-0.39, 0.29) is 29.6 Å². The summed E-state index contributed by atoms with van der Waals surface area (Å²) in [6, 6.07) is 0. The first-order valence-corrected chi connectivity index (χ1v) is 3.55. The predicted molar refractivity (Wildman–Crippen MR) is 36.5 cm³/mol. The molecule has 0 saturated carbocycles. The van der Waals surface area contributed by atoms with Crippen LogP contribution in [-0.4, -0.2) is 62.2 Å². The average Bonchev–Trinajstić information content (AvgIpc) is 2.07. The molecule has 0 bridgehead atoms. The van der Waals surface area contributed by atoms with E-state index in [1.807, 2.05) is 0 Å². The minimum atomic E-state index is -1.81. The normalized spacial score (nSPS) is 42.7. The van der Waals surface area contributed by atoms with E-state index >= 15 is 0 Å². The van der Waals surface area contributed by atoms with Gasteiger partial charge in [-0.25, -0.2) is 4.79 Å². The molecule has 0 amide bonds. The van der Waals surface area contributed by atoms with Gasteiger partial charge in [-0.15, -0.1) is 0 Å². The number of ether oxygens (including phenoxy) is 1. The first kappa shape index (κ1) is 14.3. The quantitative estimate of drug-likeness (QED) is 0.276. The topological polar surface area (TPSA) is 127 Å². The third kappa shape index (κ3) is 2.65. The van der Waals surface area contributed by atoms with E-state index in [1.165, 1.54) is 0 Å². The smallest absolute Gasteiger partial charge is 0.479 e. The molecule has 0 aromatic carbocycles. The summed E-state index contributed by atoms with van der Waals surface area (Å²) in [5.74, 6) is -1.52. The van der Waals surface area contributed by atoms with Crippen LogP contribution in [0.3, 0.4) is 0 Å². The van der Waals surface area contributed by atoms with Gasteiger partial charge >= 0.3 is 35.5 Å². The van der Waals surface area contributed by atoms with Gasteiger partial charge in [0.15, 0.2) is 12.4 Å². The van der Waals surface area contributed by atoms with Crippen LogP contribution in [-0.2, 0) is 9.53 Å². The van der Waals surface area contributed by atoms with E-state index < -0.39 is 36.7 Å². The molecule has 1 rings (SSSR count). The second-order valence-electron chi connectivity index (χ2n) is 2.76. The van der Waals surface area contributed by atoms with Crippen LogP contribution in [0.5, 0.6) is 0 Å². The van der Waals surface area contributed by atoms with E-state index in [9.17, 15) is 4.79 Å². The minimum absolute atomic E-state index is 0. The first-order valence-electron chi connectivity index (χ1n) is 3.55. The summed E-state index contributed by atoms with van der Waals surface area (Å²) in [7, 11) is 0. The molecule has 8 heteroatoms. The fraction of sp³-hybridized carbons (Fsp3) is 0.833. The van der Waals surface area contributed by atoms with E-state index in [0.717, 1.165) is 0 Å². The van der Waals surface area contributed by atoms with Crippen LogP contribution in [0.2, 0.25) is 0 Å². The molecule has 0 radical (unpaired) electrons. The number of aliphatic carboxylic acids is 1. The summed E-state index contributed by atoms with van der Waals surface area (Å²) in [5.41, 5.74) is 0. The monoisotopic (exact) mass is 217 g/mol. The molecule has 7 nitrogen and oxygen atoms in total. The standard InChI is InChI=1S/C6H10O7.Na/c7-1-2(8)4(5(10)11)13-6(12)3(1)9;/h1-4,6-9,12H,(H,10,11);/q;+1. The fourth-order valence-electron chi connectivity index (χ4n) is 1.07. The second-order valence-corrected chi connectivity index (χ2v) is 2.76.